The van der Waals surface area contributed by atoms with E-state index in [4.69, 9.17) is 4.74 Å². The molecule has 0 saturated carbocycles. The van der Waals surface area contributed by atoms with Gasteiger partial charge >= 0.3 is 0 Å². The highest BCUT2D eigenvalue weighted by Gasteiger charge is 2.07. The second-order valence-electron chi connectivity index (χ2n) is 5.24. The molecule has 1 aliphatic carbocycles. The van der Waals surface area contributed by atoms with E-state index in [-0.39, 0.29) is 5.91 Å². The van der Waals surface area contributed by atoms with Crippen LogP contribution in [0.4, 0.5) is 0 Å². The Morgan fingerprint density at radius 1 is 1.29 bits per heavy atom. The van der Waals surface area contributed by atoms with Crippen LogP contribution in [0, 0.1) is 0 Å². The number of carbonyl (C=O) groups excluding carboxylic acids is 1. The number of ether oxygens (including phenoxy) is 1. The Hall–Kier alpha value is -2.03. The van der Waals surface area contributed by atoms with Gasteiger partial charge in [0.25, 0.3) is 5.91 Å². The van der Waals surface area contributed by atoms with Crippen molar-refractivity contribution in [1.82, 2.24) is 5.32 Å². The molecule has 2 rings (SSSR count). The first-order valence-corrected chi connectivity index (χ1v) is 7.59. The Balaban J connectivity index is 1.77. The molecule has 0 atom stereocenters. The summed E-state index contributed by atoms with van der Waals surface area (Å²) in [6.07, 6.45) is 9.94. The summed E-state index contributed by atoms with van der Waals surface area (Å²) >= 11 is 0. The normalized spacial score (nSPS) is 14.2. The van der Waals surface area contributed by atoms with Gasteiger partial charge in [-0.1, -0.05) is 24.3 Å². The molecule has 1 amide bonds. The van der Waals surface area contributed by atoms with Crippen LogP contribution in [-0.4, -0.2) is 19.1 Å². The second kappa shape index (κ2) is 8.30. The van der Waals surface area contributed by atoms with Crippen LogP contribution < -0.4 is 10.1 Å². The summed E-state index contributed by atoms with van der Waals surface area (Å²) in [5.74, 6) is 0.723. The lowest BCUT2D eigenvalue weighted by atomic mass is 9.97. The lowest BCUT2D eigenvalue weighted by Crippen LogP contribution is -2.24. The zero-order valence-corrected chi connectivity index (χ0v) is 12.4. The molecule has 0 spiro atoms. The number of nitrogens with one attached hydrogen (secondary N) is 1. The molecule has 1 aromatic rings. The summed E-state index contributed by atoms with van der Waals surface area (Å²) in [6, 6.07) is 7.19. The van der Waals surface area contributed by atoms with Crippen LogP contribution in [0.2, 0.25) is 0 Å². The standard InChI is InChI=1S/C18H23NO2/c1-2-14-21-17-10-8-16(9-11-17)18(20)19-13-12-15-6-4-3-5-7-15/h2,6,8-11H,1,3-5,7,12-14H2,(H,19,20). The second-order valence-corrected chi connectivity index (χ2v) is 5.24. The minimum absolute atomic E-state index is 0.0262. The van der Waals surface area contributed by atoms with E-state index in [1.165, 1.54) is 31.3 Å². The monoisotopic (exact) mass is 285 g/mol. The first-order valence-electron chi connectivity index (χ1n) is 7.59. The minimum atomic E-state index is -0.0262. The maximum Gasteiger partial charge on any atom is 0.251 e. The van der Waals surface area contributed by atoms with Gasteiger partial charge in [0, 0.05) is 12.1 Å². The fraction of sp³-hybridized carbons (Fsp3) is 0.389. The molecule has 0 saturated heterocycles. The molecule has 1 aromatic carbocycles. The molecule has 3 heteroatoms. The van der Waals surface area contributed by atoms with Gasteiger partial charge in [0.1, 0.15) is 12.4 Å². The summed E-state index contributed by atoms with van der Waals surface area (Å²) in [4.78, 5) is 12.0. The summed E-state index contributed by atoms with van der Waals surface area (Å²) in [7, 11) is 0. The number of hydrogen-bond acceptors (Lipinski definition) is 2. The quantitative estimate of drug-likeness (QED) is 0.772. The van der Waals surface area contributed by atoms with E-state index < -0.39 is 0 Å². The van der Waals surface area contributed by atoms with E-state index in [1.54, 1.807) is 18.2 Å². The molecule has 0 radical (unpaired) electrons. The average Bonchev–Trinajstić information content (AvgIpc) is 2.54. The van der Waals surface area contributed by atoms with E-state index >= 15 is 0 Å². The predicted molar refractivity (Wildman–Crippen MR) is 85.6 cm³/mol. The molecule has 1 N–H and O–H groups in total. The highest BCUT2D eigenvalue weighted by molar-refractivity contribution is 5.94. The van der Waals surface area contributed by atoms with Crippen LogP contribution in [0.15, 0.2) is 48.6 Å². The van der Waals surface area contributed by atoms with E-state index in [2.05, 4.69) is 18.0 Å². The molecule has 1 aliphatic rings. The van der Waals surface area contributed by atoms with Gasteiger partial charge in [-0.15, -0.1) is 0 Å². The van der Waals surface area contributed by atoms with Gasteiger partial charge in [-0.3, -0.25) is 4.79 Å². The summed E-state index contributed by atoms with van der Waals surface area (Å²) in [5.41, 5.74) is 2.15. The van der Waals surface area contributed by atoms with Crippen molar-refractivity contribution in [2.24, 2.45) is 0 Å². The van der Waals surface area contributed by atoms with E-state index in [9.17, 15) is 4.79 Å². The van der Waals surface area contributed by atoms with Crippen molar-refractivity contribution in [1.29, 1.82) is 0 Å². The average molecular weight is 285 g/mol. The van der Waals surface area contributed by atoms with Crippen molar-refractivity contribution in [3.63, 3.8) is 0 Å². The first-order chi connectivity index (χ1) is 10.3. The minimum Gasteiger partial charge on any atom is -0.490 e. The number of benzene rings is 1. The van der Waals surface area contributed by atoms with E-state index in [0.29, 0.717) is 18.7 Å². The lowest BCUT2D eigenvalue weighted by Gasteiger charge is -2.13. The fourth-order valence-electron chi connectivity index (χ4n) is 2.43. The van der Waals surface area contributed by atoms with Gasteiger partial charge in [0.15, 0.2) is 0 Å². The third kappa shape index (κ3) is 5.10. The zero-order chi connectivity index (χ0) is 14.9. The Labute approximate surface area is 126 Å². The van der Waals surface area contributed by atoms with Crippen molar-refractivity contribution in [3.8, 4) is 5.75 Å². The fourth-order valence-corrected chi connectivity index (χ4v) is 2.43. The van der Waals surface area contributed by atoms with Crippen LogP contribution >= 0.6 is 0 Å². The molecular weight excluding hydrogens is 262 g/mol. The Morgan fingerprint density at radius 3 is 2.76 bits per heavy atom. The van der Waals surface area contributed by atoms with Gasteiger partial charge in [-0.25, -0.2) is 0 Å². The smallest absolute Gasteiger partial charge is 0.251 e. The molecule has 21 heavy (non-hydrogen) atoms. The van der Waals surface area contributed by atoms with Gasteiger partial charge in [0.05, 0.1) is 0 Å². The van der Waals surface area contributed by atoms with Crippen LogP contribution in [0.5, 0.6) is 5.75 Å². The number of amides is 1. The predicted octanol–water partition coefficient (Wildman–Crippen LogP) is 3.87. The summed E-state index contributed by atoms with van der Waals surface area (Å²) < 4.78 is 5.39. The molecule has 0 aromatic heterocycles. The van der Waals surface area contributed by atoms with Crippen LogP contribution in [-0.2, 0) is 0 Å². The maximum absolute atomic E-state index is 12.0. The SMILES string of the molecule is C=CCOc1ccc(C(=O)NCCC2=CCCCC2)cc1. The Morgan fingerprint density at radius 2 is 2.10 bits per heavy atom. The Kier molecular flexibility index (Phi) is 6.07. The number of hydrogen-bond donors (Lipinski definition) is 1. The highest BCUT2D eigenvalue weighted by atomic mass is 16.5. The number of carbonyl (C=O) groups is 1. The molecule has 0 fully saturated rings. The molecule has 0 aliphatic heterocycles. The van der Waals surface area contributed by atoms with Gasteiger partial charge in [-0.2, -0.15) is 0 Å². The van der Waals surface area contributed by atoms with Gasteiger partial charge in [-0.05, 0) is 56.4 Å². The first kappa shape index (κ1) is 15.4. The molecule has 0 bridgehead atoms. The number of allylic oxidation sites excluding steroid dienone is 1. The van der Waals surface area contributed by atoms with Crippen LogP contribution in [0.1, 0.15) is 42.5 Å². The highest BCUT2D eigenvalue weighted by Crippen LogP contribution is 2.19. The number of rotatable bonds is 7. The van der Waals surface area contributed by atoms with Crippen molar-refractivity contribution < 1.29 is 9.53 Å². The van der Waals surface area contributed by atoms with Crippen molar-refractivity contribution in [3.05, 3.63) is 54.1 Å². The third-order valence-electron chi connectivity index (χ3n) is 3.60. The topological polar surface area (TPSA) is 38.3 Å². The molecular formula is C18H23NO2. The zero-order valence-electron chi connectivity index (χ0n) is 12.4. The summed E-state index contributed by atoms with van der Waals surface area (Å²) in [5, 5.41) is 2.97. The molecule has 0 heterocycles. The Bertz CT molecular complexity index is 502. The third-order valence-corrected chi connectivity index (χ3v) is 3.60. The van der Waals surface area contributed by atoms with Crippen LogP contribution in [0.3, 0.4) is 0 Å². The van der Waals surface area contributed by atoms with Gasteiger partial charge < -0.3 is 10.1 Å². The molecule has 0 unspecified atom stereocenters. The van der Waals surface area contributed by atoms with Crippen molar-refractivity contribution in [2.75, 3.05) is 13.2 Å². The molecule has 3 nitrogen and oxygen atoms in total. The largest absolute Gasteiger partial charge is 0.490 e. The van der Waals surface area contributed by atoms with Gasteiger partial charge in [0.2, 0.25) is 0 Å². The van der Waals surface area contributed by atoms with Crippen molar-refractivity contribution in [2.45, 2.75) is 32.1 Å². The molecule has 112 valence electrons. The van der Waals surface area contributed by atoms with E-state index in [1.807, 2.05) is 12.1 Å². The van der Waals surface area contributed by atoms with E-state index in [0.717, 1.165) is 12.2 Å². The maximum atomic E-state index is 12.0. The van der Waals surface area contributed by atoms with Crippen molar-refractivity contribution >= 4 is 5.91 Å². The lowest BCUT2D eigenvalue weighted by molar-refractivity contribution is 0.0954. The van der Waals surface area contributed by atoms with Crippen LogP contribution in [0.25, 0.3) is 0 Å². The summed E-state index contributed by atoms with van der Waals surface area (Å²) in [6.45, 7) is 4.78.